The number of hydrogen-bond acceptors (Lipinski definition) is 7. The molecule has 1 aliphatic carbocycles. The third-order valence-electron chi connectivity index (χ3n) is 5.51. The number of nitrogens with one attached hydrogen (secondary N) is 1. The zero-order chi connectivity index (χ0) is 18.2. The Morgan fingerprint density at radius 1 is 1.19 bits per heavy atom. The monoisotopic (exact) mass is 360 g/mol. The standard InChI is InChI=1S/C19H20N8/c20-9-15-5-2-8-21-18(15)22-10-13-11-26(12-13)17-7-6-16-23-24-19(27(16)25-17)14-3-1-4-14/h2,5-8,13-14H,1,3-4,10-12H2,(H,21,22). The zero-order valence-corrected chi connectivity index (χ0v) is 14.9. The van der Waals surface area contributed by atoms with Gasteiger partial charge in [-0.3, -0.25) is 0 Å². The molecule has 1 aliphatic heterocycles. The van der Waals surface area contributed by atoms with Crippen molar-refractivity contribution in [1.29, 1.82) is 5.26 Å². The maximum absolute atomic E-state index is 9.14. The third kappa shape index (κ3) is 2.85. The lowest BCUT2D eigenvalue weighted by Gasteiger charge is -2.40. The van der Waals surface area contributed by atoms with Gasteiger partial charge >= 0.3 is 0 Å². The lowest BCUT2D eigenvalue weighted by molar-refractivity contribution is 0.393. The Bertz CT molecular complexity index is 1010. The first-order chi connectivity index (χ1) is 13.3. The van der Waals surface area contributed by atoms with Crippen LogP contribution in [0.1, 0.15) is 36.6 Å². The summed E-state index contributed by atoms with van der Waals surface area (Å²) in [5.41, 5.74) is 1.40. The average molecular weight is 360 g/mol. The van der Waals surface area contributed by atoms with Crippen LogP contribution < -0.4 is 10.2 Å². The van der Waals surface area contributed by atoms with E-state index >= 15 is 0 Å². The molecule has 0 amide bonds. The van der Waals surface area contributed by atoms with Gasteiger partial charge in [-0.15, -0.1) is 15.3 Å². The Kier molecular flexibility index (Phi) is 3.85. The average Bonchev–Trinajstić information content (AvgIpc) is 3.02. The zero-order valence-electron chi connectivity index (χ0n) is 14.9. The first-order valence-corrected chi connectivity index (χ1v) is 9.38. The van der Waals surface area contributed by atoms with E-state index in [2.05, 4.69) is 31.5 Å². The van der Waals surface area contributed by atoms with E-state index in [4.69, 9.17) is 10.4 Å². The van der Waals surface area contributed by atoms with Crippen molar-refractivity contribution in [3.63, 3.8) is 0 Å². The minimum Gasteiger partial charge on any atom is -0.369 e. The molecule has 1 N–H and O–H groups in total. The minimum atomic E-state index is 0.503. The molecule has 8 nitrogen and oxygen atoms in total. The van der Waals surface area contributed by atoms with Crippen LogP contribution in [0, 0.1) is 17.2 Å². The van der Waals surface area contributed by atoms with E-state index < -0.39 is 0 Å². The summed E-state index contributed by atoms with van der Waals surface area (Å²) in [5.74, 6) is 3.63. The van der Waals surface area contributed by atoms with Gasteiger partial charge < -0.3 is 10.2 Å². The molecule has 0 aromatic carbocycles. The first-order valence-electron chi connectivity index (χ1n) is 9.38. The summed E-state index contributed by atoms with van der Waals surface area (Å²) < 4.78 is 1.91. The summed E-state index contributed by atoms with van der Waals surface area (Å²) in [7, 11) is 0. The predicted octanol–water partition coefficient (Wildman–Crippen LogP) is 2.21. The highest BCUT2D eigenvalue weighted by atomic mass is 15.4. The lowest BCUT2D eigenvalue weighted by Crippen LogP contribution is -2.50. The maximum Gasteiger partial charge on any atom is 0.178 e. The molecule has 1 saturated carbocycles. The molecule has 8 heteroatoms. The highest BCUT2D eigenvalue weighted by molar-refractivity contribution is 5.52. The molecular weight excluding hydrogens is 340 g/mol. The fourth-order valence-electron chi connectivity index (χ4n) is 3.65. The van der Waals surface area contributed by atoms with Crippen molar-refractivity contribution in [2.75, 3.05) is 29.9 Å². The molecule has 27 heavy (non-hydrogen) atoms. The van der Waals surface area contributed by atoms with Gasteiger partial charge in [0.1, 0.15) is 17.7 Å². The number of fused-ring (bicyclic) bond motifs is 1. The summed E-state index contributed by atoms with van der Waals surface area (Å²) in [6.07, 6.45) is 5.34. The number of anilines is 2. The molecule has 0 radical (unpaired) electrons. The van der Waals surface area contributed by atoms with Crippen LogP contribution in [0.5, 0.6) is 0 Å². The van der Waals surface area contributed by atoms with E-state index in [1.54, 1.807) is 18.3 Å². The van der Waals surface area contributed by atoms with Gasteiger partial charge in [-0.25, -0.2) is 4.98 Å². The molecule has 0 spiro atoms. The normalized spacial score (nSPS) is 17.4. The van der Waals surface area contributed by atoms with Crippen molar-refractivity contribution < 1.29 is 0 Å². The largest absolute Gasteiger partial charge is 0.369 e. The molecular formula is C19H20N8. The smallest absolute Gasteiger partial charge is 0.178 e. The van der Waals surface area contributed by atoms with Crippen LogP contribution >= 0.6 is 0 Å². The SMILES string of the molecule is N#Cc1cccnc1NCC1CN(c2ccc3nnc(C4CCC4)n3n2)C1. The molecule has 0 unspecified atom stereocenters. The molecule has 2 aliphatic rings. The van der Waals surface area contributed by atoms with Gasteiger partial charge in [0.15, 0.2) is 11.5 Å². The summed E-state index contributed by atoms with van der Waals surface area (Å²) in [5, 5.41) is 25.8. The molecule has 0 atom stereocenters. The van der Waals surface area contributed by atoms with Gasteiger partial charge in [0, 0.05) is 37.7 Å². The van der Waals surface area contributed by atoms with Gasteiger partial charge in [0.05, 0.1) is 5.56 Å². The van der Waals surface area contributed by atoms with Gasteiger partial charge in [-0.05, 0) is 37.1 Å². The second-order valence-corrected chi connectivity index (χ2v) is 7.31. The molecule has 5 rings (SSSR count). The molecule has 2 fully saturated rings. The van der Waals surface area contributed by atoms with Crippen molar-refractivity contribution in [2.24, 2.45) is 5.92 Å². The van der Waals surface area contributed by atoms with Crippen molar-refractivity contribution in [3.05, 3.63) is 41.9 Å². The van der Waals surface area contributed by atoms with Crippen molar-refractivity contribution in [3.8, 4) is 6.07 Å². The number of hydrogen-bond donors (Lipinski definition) is 1. The van der Waals surface area contributed by atoms with Crippen LogP contribution in [0.3, 0.4) is 0 Å². The summed E-state index contributed by atoms with van der Waals surface area (Å²) >= 11 is 0. The second kappa shape index (κ2) is 6.50. The van der Waals surface area contributed by atoms with Gasteiger partial charge in [0.2, 0.25) is 0 Å². The number of nitriles is 1. The Hall–Kier alpha value is -3.21. The molecule has 3 aromatic rings. The van der Waals surface area contributed by atoms with Crippen LogP contribution in [0.15, 0.2) is 30.5 Å². The van der Waals surface area contributed by atoms with Gasteiger partial charge in [-0.2, -0.15) is 9.78 Å². The Labute approximate surface area is 156 Å². The van der Waals surface area contributed by atoms with Crippen LogP contribution in [0.4, 0.5) is 11.6 Å². The third-order valence-corrected chi connectivity index (χ3v) is 5.51. The van der Waals surface area contributed by atoms with E-state index in [-0.39, 0.29) is 0 Å². The quantitative estimate of drug-likeness (QED) is 0.745. The number of pyridine rings is 1. The highest BCUT2D eigenvalue weighted by Gasteiger charge is 2.29. The predicted molar refractivity (Wildman–Crippen MR) is 101 cm³/mol. The summed E-state index contributed by atoms with van der Waals surface area (Å²) in [4.78, 5) is 6.51. The van der Waals surface area contributed by atoms with E-state index in [0.717, 1.165) is 36.9 Å². The van der Waals surface area contributed by atoms with Gasteiger partial charge in [0.25, 0.3) is 0 Å². The summed E-state index contributed by atoms with van der Waals surface area (Å²) in [6, 6.07) is 9.74. The topological polar surface area (TPSA) is 95.0 Å². The molecule has 0 bridgehead atoms. The van der Waals surface area contributed by atoms with Crippen LogP contribution in [0.2, 0.25) is 0 Å². The maximum atomic E-state index is 9.14. The Balaban J connectivity index is 1.23. The van der Waals surface area contributed by atoms with Crippen molar-refractivity contribution >= 4 is 17.3 Å². The molecule has 3 aromatic heterocycles. The van der Waals surface area contributed by atoms with Crippen LogP contribution in [-0.4, -0.2) is 44.4 Å². The Morgan fingerprint density at radius 2 is 2.07 bits per heavy atom. The van der Waals surface area contributed by atoms with Crippen LogP contribution in [-0.2, 0) is 0 Å². The number of aromatic nitrogens is 5. The molecule has 1 saturated heterocycles. The van der Waals surface area contributed by atoms with E-state index in [9.17, 15) is 0 Å². The summed E-state index contributed by atoms with van der Waals surface area (Å²) in [6.45, 7) is 2.66. The molecule has 136 valence electrons. The molecule has 4 heterocycles. The van der Waals surface area contributed by atoms with Crippen molar-refractivity contribution in [1.82, 2.24) is 24.8 Å². The minimum absolute atomic E-state index is 0.503. The first kappa shape index (κ1) is 16.0. The highest BCUT2D eigenvalue weighted by Crippen LogP contribution is 2.35. The van der Waals surface area contributed by atoms with E-state index in [0.29, 0.717) is 23.2 Å². The van der Waals surface area contributed by atoms with E-state index in [1.807, 2.05) is 16.6 Å². The second-order valence-electron chi connectivity index (χ2n) is 7.31. The van der Waals surface area contributed by atoms with Crippen LogP contribution in [0.25, 0.3) is 5.65 Å². The lowest BCUT2D eigenvalue weighted by atomic mass is 9.85. The van der Waals surface area contributed by atoms with Gasteiger partial charge in [-0.1, -0.05) is 6.42 Å². The Morgan fingerprint density at radius 3 is 2.85 bits per heavy atom. The number of rotatable bonds is 5. The van der Waals surface area contributed by atoms with Crippen molar-refractivity contribution in [2.45, 2.75) is 25.2 Å². The van der Waals surface area contributed by atoms with E-state index in [1.165, 1.54) is 19.3 Å². The fraction of sp³-hybridized carbons (Fsp3) is 0.421. The fourth-order valence-corrected chi connectivity index (χ4v) is 3.65. The number of nitrogens with zero attached hydrogens (tertiary/aromatic N) is 7.